The zero-order chi connectivity index (χ0) is 26.5. The lowest BCUT2D eigenvalue weighted by atomic mass is 9.89. The third-order valence-electron chi connectivity index (χ3n) is 7.38. The van der Waals surface area contributed by atoms with Crippen molar-refractivity contribution in [3.05, 3.63) is 53.9 Å². The molecule has 0 spiro atoms. The molecule has 2 aromatic rings. The van der Waals surface area contributed by atoms with Crippen LogP contribution in [-0.4, -0.2) is 45.9 Å². The van der Waals surface area contributed by atoms with E-state index in [0.717, 1.165) is 16.9 Å². The molecule has 3 aliphatic rings. The van der Waals surface area contributed by atoms with Gasteiger partial charge in [-0.1, -0.05) is 18.2 Å². The second-order valence-electron chi connectivity index (χ2n) is 11.5. The van der Waals surface area contributed by atoms with Gasteiger partial charge in [-0.2, -0.15) is 0 Å². The summed E-state index contributed by atoms with van der Waals surface area (Å²) in [7, 11) is 1.57. The fourth-order valence-corrected chi connectivity index (χ4v) is 5.66. The van der Waals surface area contributed by atoms with Crippen LogP contribution in [0.3, 0.4) is 0 Å². The third kappa shape index (κ3) is 4.99. The van der Waals surface area contributed by atoms with Gasteiger partial charge in [-0.05, 0) is 57.7 Å². The number of rotatable bonds is 6. The number of nitrogens with two attached hydrogens (primary N) is 1. The van der Waals surface area contributed by atoms with E-state index in [9.17, 15) is 9.59 Å². The molecule has 9 nitrogen and oxygen atoms in total. The molecule has 1 aliphatic carbocycles. The molecule has 5 rings (SSSR count). The quantitative estimate of drug-likeness (QED) is 0.620. The highest BCUT2D eigenvalue weighted by Crippen LogP contribution is 2.52. The predicted molar refractivity (Wildman–Crippen MR) is 139 cm³/mol. The zero-order valence-electron chi connectivity index (χ0n) is 22.0. The van der Waals surface area contributed by atoms with Crippen molar-refractivity contribution in [3.8, 4) is 11.5 Å². The van der Waals surface area contributed by atoms with Crippen LogP contribution in [0.4, 0.5) is 0 Å². The van der Waals surface area contributed by atoms with E-state index in [1.165, 1.54) is 0 Å². The highest BCUT2D eigenvalue weighted by Gasteiger charge is 2.53. The minimum absolute atomic E-state index is 0.0383. The van der Waals surface area contributed by atoms with Crippen LogP contribution in [0.25, 0.3) is 0 Å². The molecule has 0 radical (unpaired) electrons. The Hall–Kier alpha value is -3.62. The number of amides is 2. The third-order valence-corrected chi connectivity index (χ3v) is 7.38. The number of fused-ring (bicyclic) bond motifs is 1. The molecule has 196 valence electrons. The summed E-state index contributed by atoms with van der Waals surface area (Å²) in [5.41, 5.74) is 7.14. The fourth-order valence-electron chi connectivity index (χ4n) is 5.66. The number of methoxy groups -OCH3 is 1. The van der Waals surface area contributed by atoms with Crippen molar-refractivity contribution in [3.63, 3.8) is 0 Å². The van der Waals surface area contributed by atoms with Crippen molar-refractivity contribution in [2.75, 3.05) is 7.11 Å². The Morgan fingerprint density at radius 3 is 2.73 bits per heavy atom. The fraction of sp³-hybridized carbons (Fsp3) is 0.500. The van der Waals surface area contributed by atoms with Gasteiger partial charge in [-0.15, -0.1) is 0 Å². The smallest absolute Gasteiger partial charge is 0.232 e. The average molecular weight is 506 g/mol. The van der Waals surface area contributed by atoms with Crippen LogP contribution in [-0.2, 0) is 9.59 Å². The molecule has 9 heteroatoms. The van der Waals surface area contributed by atoms with E-state index in [-0.39, 0.29) is 42.1 Å². The lowest BCUT2D eigenvalue weighted by Crippen LogP contribution is -2.52. The maximum Gasteiger partial charge on any atom is 0.232 e. The van der Waals surface area contributed by atoms with Crippen LogP contribution in [0.1, 0.15) is 70.2 Å². The zero-order valence-corrected chi connectivity index (χ0v) is 22.0. The molecule has 1 fully saturated rings. The second-order valence-corrected chi connectivity index (χ2v) is 11.5. The van der Waals surface area contributed by atoms with E-state index in [4.69, 9.17) is 15.2 Å². The van der Waals surface area contributed by atoms with Gasteiger partial charge in [-0.25, -0.2) is 4.99 Å². The SMILES string of the molecule is COc1cncc(C([C@H]2C[C@@H]2C(=O)N[C@H]2CC(C)(C)Oc3ccccc32)N2C(=O)CC(C)(C)N=C2N)c1. The van der Waals surface area contributed by atoms with E-state index >= 15 is 0 Å². The van der Waals surface area contributed by atoms with Crippen LogP contribution in [0, 0.1) is 11.8 Å². The predicted octanol–water partition coefficient (Wildman–Crippen LogP) is 3.51. The lowest BCUT2D eigenvalue weighted by molar-refractivity contribution is -0.132. The highest BCUT2D eigenvalue weighted by atomic mass is 16.5. The molecule has 0 saturated heterocycles. The maximum absolute atomic E-state index is 13.6. The number of hydrogen-bond acceptors (Lipinski definition) is 7. The monoisotopic (exact) mass is 505 g/mol. The Morgan fingerprint density at radius 2 is 2.00 bits per heavy atom. The second kappa shape index (κ2) is 9.04. The van der Waals surface area contributed by atoms with Crippen molar-refractivity contribution in [1.82, 2.24) is 15.2 Å². The number of para-hydroxylation sites is 1. The molecule has 4 atom stereocenters. The molecule has 1 unspecified atom stereocenters. The number of nitrogens with one attached hydrogen (secondary N) is 1. The van der Waals surface area contributed by atoms with Crippen molar-refractivity contribution < 1.29 is 19.1 Å². The van der Waals surface area contributed by atoms with Crippen LogP contribution in [0.15, 0.2) is 47.7 Å². The van der Waals surface area contributed by atoms with Crippen molar-refractivity contribution in [2.24, 2.45) is 22.6 Å². The first kappa shape index (κ1) is 25.0. The normalized spacial score (nSPS) is 26.3. The van der Waals surface area contributed by atoms with Gasteiger partial charge in [0.15, 0.2) is 5.96 Å². The van der Waals surface area contributed by atoms with E-state index in [0.29, 0.717) is 18.6 Å². The number of ether oxygens (including phenoxy) is 2. The van der Waals surface area contributed by atoms with Gasteiger partial charge < -0.3 is 20.5 Å². The van der Waals surface area contributed by atoms with Gasteiger partial charge >= 0.3 is 0 Å². The van der Waals surface area contributed by atoms with Crippen LogP contribution in [0.5, 0.6) is 11.5 Å². The number of nitrogens with zero attached hydrogens (tertiary/aromatic N) is 3. The van der Waals surface area contributed by atoms with Gasteiger partial charge in [0.25, 0.3) is 0 Å². The molecule has 0 bridgehead atoms. The summed E-state index contributed by atoms with van der Waals surface area (Å²) in [6, 6.07) is 9.05. The Labute approximate surface area is 217 Å². The van der Waals surface area contributed by atoms with Crippen LogP contribution < -0.4 is 20.5 Å². The molecule has 2 amide bonds. The molecule has 3 heterocycles. The van der Waals surface area contributed by atoms with Crippen molar-refractivity contribution >= 4 is 17.8 Å². The summed E-state index contributed by atoms with van der Waals surface area (Å²) in [5.74, 6) is 0.980. The molecule has 1 aromatic heterocycles. The molecule has 2 aliphatic heterocycles. The number of aromatic nitrogens is 1. The van der Waals surface area contributed by atoms with E-state index in [2.05, 4.69) is 15.3 Å². The Balaban J connectivity index is 1.42. The number of carbonyl (C=O) groups excluding carboxylic acids is 2. The highest BCUT2D eigenvalue weighted by molar-refractivity contribution is 5.99. The minimum atomic E-state index is -0.571. The number of carbonyl (C=O) groups is 2. The minimum Gasteiger partial charge on any atom is -0.495 e. The number of aliphatic imine (C=N–C) groups is 1. The van der Waals surface area contributed by atoms with E-state index in [1.54, 1.807) is 24.4 Å². The number of guanidine groups is 1. The summed E-state index contributed by atoms with van der Waals surface area (Å²) in [6.07, 6.45) is 4.84. The largest absolute Gasteiger partial charge is 0.495 e. The van der Waals surface area contributed by atoms with Crippen molar-refractivity contribution in [2.45, 2.75) is 70.2 Å². The van der Waals surface area contributed by atoms with Gasteiger partial charge in [0.2, 0.25) is 11.8 Å². The Morgan fingerprint density at radius 1 is 1.24 bits per heavy atom. The maximum atomic E-state index is 13.6. The Bertz CT molecular complexity index is 1260. The summed E-state index contributed by atoms with van der Waals surface area (Å²) in [4.78, 5) is 37.3. The molecule has 1 aromatic carbocycles. The molecule has 1 saturated carbocycles. The summed E-state index contributed by atoms with van der Waals surface area (Å²) in [6.45, 7) is 7.83. The number of benzene rings is 1. The van der Waals surface area contributed by atoms with Crippen LogP contribution in [0.2, 0.25) is 0 Å². The first-order valence-electron chi connectivity index (χ1n) is 12.7. The van der Waals surface area contributed by atoms with Gasteiger partial charge in [0, 0.05) is 24.1 Å². The van der Waals surface area contributed by atoms with E-state index < -0.39 is 17.2 Å². The standard InChI is InChI=1S/C28H35N5O4/c1-27(2)13-23(34)33(26(29)32-27)24(16-10-17(36-5)15-30-14-16)19-11-20(19)25(35)31-21-12-28(3,4)37-22-9-7-6-8-18(21)22/h6-10,14-15,19-21,24H,11-13H2,1-5H3,(H2,29,32)(H,31,35)/t19-,20-,21-,24?/m0/s1. The van der Waals surface area contributed by atoms with E-state index in [1.807, 2.05) is 58.0 Å². The topological polar surface area (TPSA) is 119 Å². The first-order chi connectivity index (χ1) is 17.5. The lowest BCUT2D eigenvalue weighted by Gasteiger charge is -2.38. The average Bonchev–Trinajstić information content (AvgIpc) is 3.60. The molecular weight excluding hydrogens is 470 g/mol. The van der Waals surface area contributed by atoms with Gasteiger partial charge in [-0.3, -0.25) is 19.5 Å². The molecule has 3 N–H and O–H groups in total. The molecule has 37 heavy (non-hydrogen) atoms. The first-order valence-corrected chi connectivity index (χ1v) is 12.7. The summed E-state index contributed by atoms with van der Waals surface area (Å²) in [5, 5.41) is 3.27. The number of hydrogen-bond donors (Lipinski definition) is 2. The van der Waals surface area contributed by atoms with Gasteiger partial charge in [0.1, 0.15) is 17.1 Å². The van der Waals surface area contributed by atoms with Gasteiger partial charge in [0.05, 0.1) is 37.4 Å². The Kier molecular flexibility index (Phi) is 6.12. The molecular formula is C28H35N5O4. The summed E-state index contributed by atoms with van der Waals surface area (Å²) >= 11 is 0. The summed E-state index contributed by atoms with van der Waals surface area (Å²) < 4.78 is 11.5. The van der Waals surface area contributed by atoms with Crippen LogP contribution >= 0.6 is 0 Å². The number of pyridine rings is 1. The van der Waals surface area contributed by atoms with Crippen molar-refractivity contribution in [1.29, 1.82) is 0 Å².